The van der Waals surface area contributed by atoms with Crippen LogP contribution in [0.1, 0.15) is 24.0 Å². The Morgan fingerprint density at radius 2 is 1.97 bits per heavy atom. The third kappa shape index (κ3) is 5.05. The van der Waals surface area contributed by atoms with Crippen molar-refractivity contribution in [2.45, 2.75) is 41.9 Å². The normalized spacial score (nSPS) is 27.0. The fraction of sp³-hybridized carbons (Fsp3) is 0.385. The van der Waals surface area contributed by atoms with Crippen LogP contribution in [0.3, 0.4) is 0 Å². The summed E-state index contributed by atoms with van der Waals surface area (Å²) in [7, 11) is 0. The Balaban J connectivity index is 1.20. The molecular formula is C26H30N4O2S2. The number of likely N-dealkylation sites (tertiary alicyclic amines) is 1. The molecule has 3 aliphatic heterocycles. The van der Waals surface area contributed by atoms with Gasteiger partial charge in [0.25, 0.3) is 0 Å². The van der Waals surface area contributed by atoms with E-state index in [1.807, 2.05) is 18.2 Å². The van der Waals surface area contributed by atoms with Gasteiger partial charge in [0.15, 0.2) is 0 Å². The van der Waals surface area contributed by atoms with E-state index in [9.17, 15) is 9.59 Å². The van der Waals surface area contributed by atoms with Crippen LogP contribution in [0.25, 0.3) is 5.57 Å². The molecule has 34 heavy (non-hydrogen) atoms. The summed E-state index contributed by atoms with van der Waals surface area (Å²) in [5.74, 6) is 0.0545. The second kappa shape index (κ2) is 10.6. The third-order valence-corrected chi connectivity index (χ3v) is 8.69. The van der Waals surface area contributed by atoms with E-state index < -0.39 is 0 Å². The lowest BCUT2D eigenvalue weighted by atomic mass is 9.94. The number of hydrogen-bond acceptors (Lipinski definition) is 6. The van der Waals surface area contributed by atoms with Gasteiger partial charge in [0.1, 0.15) is 11.5 Å². The summed E-state index contributed by atoms with van der Waals surface area (Å²) in [5, 5.41) is 11.9. The van der Waals surface area contributed by atoms with Crippen LogP contribution in [-0.2, 0) is 16.1 Å². The van der Waals surface area contributed by atoms with Gasteiger partial charge in [-0.15, -0.1) is 23.5 Å². The molecular weight excluding hydrogens is 464 g/mol. The van der Waals surface area contributed by atoms with Crippen LogP contribution in [0.15, 0.2) is 64.9 Å². The summed E-state index contributed by atoms with van der Waals surface area (Å²) < 4.78 is 0. The minimum Gasteiger partial charge on any atom is -0.352 e. The van der Waals surface area contributed by atoms with E-state index in [1.54, 1.807) is 23.5 Å². The van der Waals surface area contributed by atoms with Crippen LogP contribution >= 0.6 is 23.5 Å². The predicted molar refractivity (Wildman–Crippen MR) is 139 cm³/mol. The van der Waals surface area contributed by atoms with Gasteiger partial charge in [-0.1, -0.05) is 42.5 Å². The number of nitrogens with zero attached hydrogens (tertiary/aromatic N) is 1. The fourth-order valence-corrected chi connectivity index (χ4v) is 6.45. The van der Waals surface area contributed by atoms with E-state index in [-0.39, 0.29) is 35.3 Å². The molecule has 2 aromatic carbocycles. The topological polar surface area (TPSA) is 73.5 Å². The second-order valence-corrected chi connectivity index (χ2v) is 10.8. The van der Waals surface area contributed by atoms with Crippen LogP contribution in [0, 0.1) is 5.92 Å². The summed E-state index contributed by atoms with van der Waals surface area (Å²) in [6.45, 7) is 2.02. The van der Waals surface area contributed by atoms with Gasteiger partial charge in [0, 0.05) is 24.5 Å². The summed E-state index contributed by atoms with van der Waals surface area (Å²) in [4.78, 5) is 29.3. The number of fused-ring (bicyclic) bond motifs is 1. The summed E-state index contributed by atoms with van der Waals surface area (Å²) in [5.41, 5.74) is 3.41. The van der Waals surface area contributed by atoms with Crippen molar-refractivity contribution in [2.24, 2.45) is 5.92 Å². The molecule has 0 bridgehead atoms. The summed E-state index contributed by atoms with van der Waals surface area (Å²) in [6.07, 6.45) is 3.58. The highest BCUT2D eigenvalue weighted by atomic mass is 32.2. The number of amides is 2. The van der Waals surface area contributed by atoms with Crippen LogP contribution in [0.5, 0.6) is 0 Å². The van der Waals surface area contributed by atoms with Crippen molar-refractivity contribution in [3.05, 3.63) is 71.1 Å². The lowest BCUT2D eigenvalue weighted by Crippen LogP contribution is -2.69. The first-order chi connectivity index (χ1) is 16.6. The first kappa shape index (κ1) is 23.5. The molecule has 0 aromatic heterocycles. The van der Waals surface area contributed by atoms with Gasteiger partial charge in [-0.05, 0) is 53.3 Å². The Morgan fingerprint density at radius 1 is 1.18 bits per heavy atom. The van der Waals surface area contributed by atoms with Crippen LogP contribution in [0.4, 0.5) is 0 Å². The molecule has 2 aromatic rings. The van der Waals surface area contributed by atoms with Gasteiger partial charge < -0.3 is 10.6 Å². The standard InChI is InChI=1S/C26H30N4O2S2/c1-33-20-11-9-17(10-12-20)14-27-24(31)19-8-5-13-30(15-19)26-28-22-21(18-6-3-2-4-7-18)16-34-23(22)25(32)29-26/h2-4,6-7,9-12,16,19,22-23,26,28H,5,8,13-15H2,1H3,(H,27,31)(H,29,32). The molecule has 2 amide bonds. The maximum absolute atomic E-state index is 12.9. The summed E-state index contributed by atoms with van der Waals surface area (Å²) >= 11 is 3.29. The van der Waals surface area contributed by atoms with Crippen molar-refractivity contribution < 1.29 is 9.59 Å². The van der Waals surface area contributed by atoms with Crippen LogP contribution in [-0.4, -0.2) is 53.6 Å². The molecule has 5 rings (SSSR count). The highest BCUT2D eigenvalue weighted by Gasteiger charge is 2.44. The SMILES string of the molecule is CSc1ccc(CNC(=O)C2CCCN(C3NC(=O)C4SC=C(c5ccccc5)C4N3)C2)cc1. The lowest BCUT2D eigenvalue weighted by molar-refractivity contribution is -0.129. The molecule has 6 nitrogen and oxygen atoms in total. The highest BCUT2D eigenvalue weighted by Crippen LogP contribution is 2.38. The molecule has 0 radical (unpaired) electrons. The molecule has 178 valence electrons. The molecule has 0 saturated carbocycles. The van der Waals surface area contributed by atoms with Gasteiger partial charge in [-0.3, -0.25) is 19.8 Å². The Hall–Kier alpha value is -2.26. The molecule has 3 N–H and O–H groups in total. The second-order valence-electron chi connectivity index (χ2n) is 8.95. The Kier molecular flexibility index (Phi) is 7.29. The van der Waals surface area contributed by atoms with E-state index in [0.717, 1.165) is 36.1 Å². The Bertz CT molecular complexity index is 1060. The molecule has 3 heterocycles. The minimum absolute atomic E-state index is 0.0374. The largest absolute Gasteiger partial charge is 0.352 e. The van der Waals surface area contributed by atoms with E-state index in [2.05, 4.69) is 68.9 Å². The number of piperidine rings is 1. The molecule has 0 spiro atoms. The van der Waals surface area contributed by atoms with Gasteiger partial charge >= 0.3 is 0 Å². The van der Waals surface area contributed by atoms with Crippen molar-refractivity contribution in [3.8, 4) is 0 Å². The van der Waals surface area contributed by atoms with Gasteiger partial charge in [0.2, 0.25) is 11.8 Å². The van der Waals surface area contributed by atoms with Gasteiger partial charge in [-0.25, -0.2) is 0 Å². The molecule has 0 aliphatic carbocycles. The van der Waals surface area contributed by atoms with E-state index in [4.69, 9.17) is 0 Å². The maximum Gasteiger partial charge on any atom is 0.237 e. The highest BCUT2D eigenvalue weighted by molar-refractivity contribution is 8.04. The van der Waals surface area contributed by atoms with Gasteiger partial charge in [0.05, 0.1) is 12.0 Å². The smallest absolute Gasteiger partial charge is 0.237 e. The Labute approximate surface area is 209 Å². The number of benzene rings is 2. The van der Waals surface area contributed by atoms with Crippen molar-refractivity contribution >= 4 is 40.9 Å². The molecule has 2 saturated heterocycles. The molecule has 4 unspecified atom stereocenters. The van der Waals surface area contributed by atoms with Crippen molar-refractivity contribution in [1.29, 1.82) is 0 Å². The van der Waals surface area contributed by atoms with E-state index in [1.165, 1.54) is 4.90 Å². The molecule has 2 fully saturated rings. The zero-order chi connectivity index (χ0) is 23.5. The number of carbonyl (C=O) groups excluding carboxylic acids is 2. The predicted octanol–water partition coefficient (Wildman–Crippen LogP) is 3.26. The quantitative estimate of drug-likeness (QED) is 0.536. The first-order valence-electron chi connectivity index (χ1n) is 11.7. The van der Waals surface area contributed by atoms with E-state index in [0.29, 0.717) is 13.1 Å². The van der Waals surface area contributed by atoms with Crippen LogP contribution in [0.2, 0.25) is 0 Å². The summed E-state index contributed by atoms with van der Waals surface area (Å²) in [6, 6.07) is 18.5. The maximum atomic E-state index is 12.9. The number of carbonyl (C=O) groups is 2. The average Bonchev–Trinajstić information content (AvgIpc) is 3.33. The zero-order valence-electron chi connectivity index (χ0n) is 19.2. The van der Waals surface area contributed by atoms with Crippen molar-refractivity contribution in [2.75, 3.05) is 19.3 Å². The number of thioether (sulfide) groups is 2. The van der Waals surface area contributed by atoms with Gasteiger partial charge in [-0.2, -0.15) is 0 Å². The average molecular weight is 495 g/mol. The van der Waals surface area contributed by atoms with Crippen molar-refractivity contribution in [1.82, 2.24) is 20.9 Å². The number of hydrogen-bond donors (Lipinski definition) is 3. The minimum atomic E-state index is -0.269. The third-order valence-electron chi connectivity index (χ3n) is 6.78. The monoisotopic (exact) mass is 494 g/mol. The van der Waals surface area contributed by atoms with Crippen LogP contribution < -0.4 is 16.0 Å². The molecule has 8 heteroatoms. The van der Waals surface area contributed by atoms with E-state index >= 15 is 0 Å². The lowest BCUT2D eigenvalue weighted by Gasteiger charge is -2.43. The zero-order valence-corrected chi connectivity index (χ0v) is 20.8. The molecule has 4 atom stereocenters. The van der Waals surface area contributed by atoms with Crippen molar-refractivity contribution in [3.63, 3.8) is 0 Å². The molecule has 3 aliphatic rings. The first-order valence-corrected chi connectivity index (χ1v) is 13.9. The Morgan fingerprint density at radius 3 is 2.74 bits per heavy atom. The number of rotatable bonds is 6. The fourth-order valence-electron chi connectivity index (χ4n) is 4.89. The number of nitrogens with one attached hydrogen (secondary N) is 3.